The first kappa shape index (κ1) is 11.9. The van der Waals surface area contributed by atoms with Crippen LogP contribution in [-0.2, 0) is 6.42 Å². The minimum Gasteiger partial charge on any atom is -0.458 e. The van der Waals surface area contributed by atoms with Crippen LogP contribution in [0.2, 0.25) is 0 Å². The van der Waals surface area contributed by atoms with Gasteiger partial charge in [-0.05, 0) is 46.3 Å². The highest BCUT2D eigenvalue weighted by atomic mass is 79.9. The normalized spacial score (nSPS) is 10.5. The molecule has 0 radical (unpaired) electrons. The quantitative estimate of drug-likeness (QED) is 0.697. The smallest absolute Gasteiger partial charge is 0.228 e. The molecular formula is C13H12BrNO2. The average molecular weight is 294 g/mol. The maximum absolute atomic E-state index is 12.1. The Morgan fingerprint density at radius 1 is 1.35 bits per heavy atom. The summed E-state index contributed by atoms with van der Waals surface area (Å²) in [4.78, 5) is 12.1. The van der Waals surface area contributed by atoms with Crippen LogP contribution in [0.3, 0.4) is 0 Å². The zero-order valence-corrected chi connectivity index (χ0v) is 11.0. The third kappa shape index (κ3) is 2.42. The molecule has 17 heavy (non-hydrogen) atoms. The summed E-state index contributed by atoms with van der Waals surface area (Å²) in [7, 11) is 0. The van der Waals surface area contributed by atoms with E-state index in [1.165, 1.54) is 0 Å². The fourth-order valence-corrected chi connectivity index (χ4v) is 1.88. The standard InChI is InChI=1S/C13H12BrNO2/c1-2-9-4-6-12(17-9)13(16)8-3-5-11(15)10(14)7-8/h3-7H,2,15H2,1H3. The van der Waals surface area contributed by atoms with Gasteiger partial charge >= 0.3 is 0 Å². The molecule has 1 aromatic heterocycles. The number of nitrogen functional groups attached to an aromatic ring is 1. The third-order valence-electron chi connectivity index (χ3n) is 2.50. The van der Waals surface area contributed by atoms with Crippen molar-refractivity contribution < 1.29 is 9.21 Å². The molecule has 1 aromatic carbocycles. The first-order valence-corrected chi connectivity index (χ1v) is 6.09. The summed E-state index contributed by atoms with van der Waals surface area (Å²) in [5, 5.41) is 0. The second-order valence-electron chi connectivity index (χ2n) is 3.68. The number of rotatable bonds is 3. The zero-order chi connectivity index (χ0) is 12.4. The number of benzene rings is 1. The number of carbonyl (C=O) groups excluding carboxylic acids is 1. The molecule has 2 rings (SSSR count). The lowest BCUT2D eigenvalue weighted by Crippen LogP contribution is -2.00. The van der Waals surface area contributed by atoms with Crippen LogP contribution in [0.4, 0.5) is 5.69 Å². The van der Waals surface area contributed by atoms with Crippen molar-refractivity contribution in [3.8, 4) is 0 Å². The van der Waals surface area contributed by atoms with Crippen molar-refractivity contribution in [3.05, 3.63) is 51.9 Å². The molecule has 0 aliphatic heterocycles. The number of furan rings is 1. The Balaban J connectivity index is 2.33. The topological polar surface area (TPSA) is 56.2 Å². The van der Waals surface area contributed by atoms with E-state index in [0.717, 1.165) is 12.2 Å². The molecule has 0 atom stereocenters. The summed E-state index contributed by atoms with van der Waals surface area (Å²) in [6.45, 7) is 1.98. The molecule has 0 saturated heterocycles. The Labute approximate surface area is 108 Å². The number of nitrogens with two attached hydrogens (primary N) is 1. The van der Waals surface area contributed by atoms with E-state index in [0.29, 0.717) is 21.5 Å². The summed E-state index contributed by atoms with van der Waals surface area (Å²) in [6.07, 6.45) is 0.777. The number of hydrogen-bond donors (Lipinski definition) is 1. The van der Waals surface area contributed by atoms with E-state index in [1.54, 1.807) is 24.3 Å². The third-order valence-corrected chi connectivity index (χ3v) is 3.18. The predicted molar refractivity (Wildman–Crippen MR) is 70.1 cm³/mol. The lowest BCUT2D eigenvalue weighted by atomic mass is 10.1. The van der Waals surface area contributed by atoms with Crippen LogP contribution in [0.1, 0.15) is 28.8 Å². The largest absolute Gasteiger partial charge is 0.458 e. The molecule has 88 valence electrons. The fourth-order valence-electron chi connectivity index (χ4n) is 1.50. The predicted octanol–water partition coefficient (Wildman–Crippen LogP) is 3.42. The van der Waals surface area contributed by atoms with Gasteiger partial charge in [-0.25, -0.2) is 0 Å². The fraction of sp³-hybridized carbons (Fsp3) is 0.154. The van der Waals surface area contributed by atoms with E-state index in [9.17, 15) is 4.79 Å². The molecule has 2 N–H and O–H groups in total. The maximum atomic E-state index is 12.1. The van der Waals surface area contributed by atoms with Gasteiger partial charge in [0.05, 0.1) is 0 Å². The number of halogens is 1. The van der Waals surface area contributed by atoms with Gasteiger partial charge in [0.25, 0.3) is 0 Å². The van der Waals surface area contributed by atoms with Crippen molar-refractivity contribution in [1.82, 2.24) is 0 Å². The Bertz CT molecular complexity index is 560. The van der Waals surface area contributed by atoms with Crippen LogP contribution in [0.5, 0.6) is 0 Å². The van der Waals surface area contributed by atoms with Gasteiger partial charge in [0.1, 0.15) is 5.76 Å². The molecule has 0 aliphatic carbocycles. The lowest BCUT2D eigenvalue weighted by Gasteiger charge is -2.01. The average Bonchev–Trinajstić information content (AvgIpc) is 2.80. The van der Waals surface area contributed by atoms with Crippen molar-refractivity contribution in [1.29, 1.82) is 0 Å². The number of anilines is 1. The van der Waals surface area contributed by atoms with E-state index in [4.69, 9.17) is 10.2 Å². The van der Waals surface area contributed by atoms with Gasteiger partial charge in [0.15, 0.2) is 5.76 Å². The minimum absolute atomic E-state index is 0.134. The van der Waals surface area contributed by atoms with Crippen LogP contribution in [0.15, 0.2) is 39.2 Å². The summed E-state index contributed by atoms with van der Waals surface area (Å²) in [6, 6.07) is 8.61. The first-order chi connectivity index (χ1) is 8.11. The molecule has 0 saturated carbocycles. The zero-order valence-electron chi connectivity index (χ0n) is 9.37. The van der Waals surface area contributed by atoms with Crippen LogP contribution in [0, 0.1) is 0 Å². The number of hydrogen-bond acceptors (Lipinski definition) is 3. The highest BCUT2D eigenvalue weighted by Gasteiger charge is 2.14. The molecular weight excluding hydrogens is 282 g/mol. The highest BCUT2D eigenvalue weighted by molar-refractivity contribution is 9.10. The molecule has 0 amide bonds. The number of carbonyl (C=O) groups is 1. The van der Waals surface area contributed by atoms with Gasteiger partial charge in [-0.15, -0.1) is 0 Å². The van der Waals surface area contributed by atoms with Gasteiger partial charge in [0.2, 0.25) is 5.78 Å². The highest BCUT2D eigenvalue weighted by Crippen LogP contribution is 2.22. The van der Waals surface area contributed by atoms with E-state index in [-0.39, 0.29) is 5.78 Å². The molecule has 0 spiro atoms. The molecule has 0 unspecified atom stereocenters. The van der Waals surface area contributed by atoms with Crippen molar-refractivity contribution in [2.75, 3.05) is 5.73 Å². The summed E-state index contributed by atoms with van der Waals surface area (Å²) in [5.41, 5.74) is 6.84. The first-order valence-electron chi connectivity index (χ1n) is 5.30. The van der Waals surface area contributed by atoms with E-state index in [1.807, 2.05) is 13.0 Å². The Morgan fingerprint density at radius 3 is 2.71 bits per heavy atom. The Hall–Kier alpha value is -1.55. The molecule has 4 heteroatoms. The van der Waals surface area contributed by atoms with Gasteiger partial charge in [-0.1, -0.05) is 6.92 Å². The van der Waals surface area contributed by atoms with E-state index >= 15 is 0 Å². The van der Waals surface area contributed by atoms with E-state index in [2.05, 4.69) is 15.9 Å². The van der Waals surface area contributed by atoms with Crippen molar-refractivity contribution in [2.24, 2.45) is 0 Å². The summed E-state index contributed by atoms with van der Waals surface area (Å²) >= 11 is 3.30. The maximum Gasteiger partial charge on any atom is 0.228 e. The van der Waals surface area contributed by atoms with Crippen molar-refractivity contribution >= 4 is 27.4 Å². The van der Waals surface area contributed by atoms with Gasteiger partial charge < -0.3 is 10.2 Å². The lowest BCUT2D eigenvalue weighted by molar-refractivity contribution is 0.101. The van der Waals surface area contributed by atoms with E-state index < -0.39 is 0 Å². The number of aryl methyl sites for hydroxylation is 1. The second-order valence-corrected chi connectivity index (χ2v) is 4.54. The molecule has 0 bridgehead atoms. The molecule has 2 aromatic rings. The molecule has 1 heterocycles. The SMILES string of the molecule is CCc1ccc(C(=O)c2ccc(N)c(Br)c2)o1. The summed E-state index contributed by atoms with van der Waals surface area (Å²) < 4.78 is 6.14. The van der Waals surface area contributed by atoms with Crippen molar-refractivity contribution in [2.45, 2.75) is 13.3 Å². The van der Waals surface area contributed by atoms with Crippen LogP contribution in [0.25, 0.3) is 0 Å². The van der Waals surface area contributed by atoms with Crippen LogP contribution >= 0.6 is 15.9 Å². The molecule has 0 fully saturated rings. The molecule has 0 aliphatic rings. The van der Waals surface area contributed by atoms with Gasteiger partial charge in [-0.2, -0.15) is 0 Å². The number of ketones is 1. The van der Waals surface area contributed by atoms with Crippen molar-refractivity contribution in [3.63, 3.8) is 0 Å². The Kier molecular flexibility index (Phi) is 3.33. The van der Waals surface area contributed by atoms with Gasteiger partial charge in [-0.3, -0.25) is 4.79 Å². The van der Waals surface area contributed by atoms with Crippen LogP contribution < -0.4 is 5.73 Å². The minimum atomic E-state index is -0.134. The second kappa shape index (κ2) is 4.75. The molecule has 3 nitrogen and oxygen atoms in total. The summed E-state index contributed by atoms with van der Waals surface area (Å²) in [5.74, 6) is 1.03. The monoisotopic (exact) mass is 293 g/mol. The Morgan fingerprint density at radius 2 is 2.12 bits per heavy atom. The van der Waals surface area contributed by atoms with Crippen LogP contribution in [-0.4, -0.2) is 5.78 Å². The van der Waals surface area contributed by atoms with Gasteiger partial charge in [0, 0.05) is 22.1 Å².